The van der Waals surface area contributed by atoms with E-state index in [1.54, 1.807) is 24.3 Å². The van der Waals surface area contributed by atoms with Gasteiger partial charge >= 0.3 is 0 Å². The summed E-state index contributed by atoms with van der Waals surface area (Å²) in [5.74, 6) is 0.597. The summed E-state index contributed by atoms with van der Waals surface area (Å²) >= 11 is 0. The highest BCUT2D eigenvalue weighted by molar-refractivity contribution is 5.94. The minimum absolute atomic E-state index is 0.00132. The molecule has 0 fully saturated rings. The predicted octanol–water partition coefficient (Wildman–Crippen LogP) is 2.46. The molecule has 0 aliphatic rings. The lowest BCUT2D eigenvalue weighted by Crippen LogP contribution is -2.32. The summed E-state index contributed by atoms with van der Waals surface area (Å²) < 4.78 is 5.53. The molecular formula is C19H23NO3. The van der Waals surface area contributed by atoms with Crippen molar-refractivity contribution in [3.63, 3.8) is 0 Å². The van der Waals surface area contributed by atoms with Crippen LogP contribution in [0.3, 0.4) is 0 Å². The molecule has 1 atom stereocenters. The van der Waals surface area contributed by atoms with E-state index >= 15 is 0 Å². The monoisotopic (exact) mass is 313 g/mol. The Balaban J connectivity index is 1.66. The van der Waals surface area contributed by atoms with Crippen molar-refractivity contribution < 1.29 is 14.6 Å². The van der Waals surface area contributed by atoms with E-state index in [0.29, 0.717) is 17.9 Å². The quantitative estimate of drug-likeness (QED) is 0.551. The molecule has 2 aromatic rings. The van der Waals surface area contributed by atoms with Gasteiger partial charge in [0.15, 0.2) is 5.78 Å². The van der Waals surface area contributed by atoms with Crippen LogP contribution in [0.1, 0.15) is 22.8 Å². The van der Waals surface area contributed by atoms with Crippen LogP contribution in [0, 0.1) is 0 Å². The van der Waals surface area contributed by atoms with Gasteiger partial charge in [-0.1, -0.05) is 42.5 Å². The topological polar surface area (TPSA) is 58.6 Å². The zero-order chi connectivity index (χ0) is 16.5. The van der Waals surface area contributed by atoms with Crippen LogP contribution in [0.2, 0.25) is 0 Å². The first kappa shape index (κ1) is 17.2. The van der Waals surface area contributed by atoms with Crippen LogP contribution in [0.15, 0.2) is 54.6 Å². The number of carbonyl (C=O) groups is 1. The molecule has 2 aromatic carbocycles. The molecule has 0 aliphatic heterocycles. The minimum atomic E-state index is -0.591. The molecule has 0 bridgehead atoms. The largest absolute Gasteiger partial charge is 0.491 e. The van der Waals surface area contributed by atoms with Crippen molar-refractivity contribution in [2.75, 3.05) is 19.7 Å². The van der Waals surface area contributed by atoms with Gasteiger partial charge in [-0.3, -0.25) is 4.79 Å². The van der Waals surface area contributed by atoms with Crippen LogP contribution >= 0.6 is 0 Å². The number of hydrogen-bond acceptors (Lipinski definition) is 4. The number of nitrogens with one attached hydrogen (secondary N) is 1. The van der Waals surface area contributed by atoms with Crippen LogP contribution in [0.5, 0.6) is 5.75 Å². The molecule has 4 nitrogen and oxygen atoms in total. The van der Waals surface area contributed by atoms with Crippen LogP contribution in [-0.4, -0.2) is 36.7 Å². The van der Waals surface area contributed by atoms with E-state index in [2.05, 4.69) is 17.4 Å². The molecule has 0 aliphatic carbocycles. The lowest BCUT2D eigenvalue weighted by atomic mass is 10.1. The van der Waals surface area contributed by atoms with Crippen molar-refractivity contribution in [1.29, 1.82) is 0 Å². The maximum Gasteiger partial charge on any atom is 0.159 e. The highest BCUT2D eigenvalue weighted by Gasteiger charge is 2.06. The summed E-state index contributed by atoms with van der Waals surface area (Å²) in [7, 11) is 0. The molecule has 0 saturated carbocycles. The second-order valence-corrected chi connectivity index (χ2v) is 5.49. The SMILES string of the molecule is CC(=O)c1cccc(OCC(O)CNCCc2ccccc2)c1. The van der Waals surface area contributed by atoms with Crippen LogP contribution in [-0.2, 0) is 6.42 Å². The first-order valence-corrected chi connectivity index (χ1v) is 7.81. The maximum atomic E-state index is 11.3. The zero-order valence-corrected chi connectivity index (χ0v) is 13.4. The number of benzene rings is 2. The van der Waals surface area contributed by atoms with E-state index in [9.17, 15) is 9.90 Å². The average molecular weight is 313 g/mol. The van der Waals surface area contributed by atoms with E-state index in [0.717, 1.165) is 13.0 Å². The van der Waals surface area contributed by atoms with Gasteiger partial charge in [0.2, 0.25) is 0 Å². The van der Waals surface area contributed by atoms with Crippen LogP contribution in [0.4, 0.5) is 0 Å². The second-order valence-electron chi connectivity index (χ2n) is 5.49. The van der Waals surface area contributed by atoms with E-state index in [1.807, 2.05) is 18.2 Å². The first-order chi connectivity index (χ1) is 11.1. The second kappa shape index (κ2) is 9.08. The van der Waals surface area contributed by atoms with Gasteiger partial charge in [0.1, 0.15) is 18.5 Å². The lowest BCUT2D eigenvalue weighted by Gasteiger charge is -2.13. The summed E-state index contributed by atoms with van der Waals surface area (Å²) in [6.07, 6.45) is 0.335. The van der Waals surface area contributed by atoms with Crippen molar-refractivity contribution in [3.8, 4) is 5.75 Å². The molecule has 23 heavy (non-hydrogen) atoms. The molecule has 0 saturated heterocycles. The third-order valence-electron chi connectivity index (χ3n) is 3.50. The fraction of sp³-hybridized carbons (Fsp3) is 0.316. The summed E-state index contributed by atoms with van der Waals surface area (Å²) in [5, 5.41) is 13.1. The number of rotatable bonds is 9. The molecule has 2 N–H and O–H groups in total. The van der Waals surface area contributed by atoms with Crippen molar-refractivity contribution >= 4 is 5.78 Å². The van der Waals surface area contributed by atoms with Gasteiger partial charge in [0, 0.05) is 12.1 Å². The summed E-state index contributed by atoms with van der Waals surface area (Å²) in [6, 6.07) is 17.2. The maximum absolute atomic E-state index is 11.3. The lowest BCUT2D eigenvalue weighted by molar-refractivity contribution is 0.101. The Morgan fingerprint density at radius 3 is 2.70 bits per heavy atom. The van der Waals surface area contributed by atoms with Gasteiger partial charge in [0.25, 0.3) is 0 Å². The molecule has 0 radical (unpaired) electrons. The Labute approximate surface area is 137 Å². The van der Waals surface area contributed by atoms with E-state index < -0.39 is 6.10 Å². The van der Waals surface area contributed by atoms with Gasteiger partial charge in [-0.25, -0.2) is 0 Å². The van der Waals surface area contributed by atoms with Gasteiger partial charge in [-0.2, -0.15) is 0 Å². The standard InChI is InChI=1S/C19H23NO3/c1-15(21)17-8-5-9-19(12-17)23-14-18(22)13-20-11-10-16-6-3-2-4-7-16/h2-9,12,18,20,22H,10-11,13-14H2,1H3. The van der Waals surface area contributed by atoms with E-state index in [1.165, 1.54) is 12.5 Å². The molecular weight excluding hydrogens is 290 g/mol. The fourth-order valence-electron chi connectivity index (χ4n) is 2.20. The smallest absolute Gasteiger partial charge is 0.159 e. The number of carbonyl (C=O) groups excluding carboxylic acids is 1. The summed E-state index contributed by atoms with van der Waals surface area (Å²) in [4.78, 5) is 11.3. The Hall–Kier alpha value is -2.17. The molecule has 0 aromatic heterocycles. The molecule has 4 heteroatoms. The van der Waals surface area contributed by atoms with Gasteiger partial charge in [-0.15, -0.1) is 0 Å². The number of hydrogen-bond donors (Lipinski definition) is 2. The molecule has 0 spiro atoms. The summed E-state index contributed by atoms with van der Waals surface area (Å²) in [6.45, 7) is 2.99. The first-order valence-electron chi connectivity index (χ1n) is 7.81. The third kappa shape index (κ3) is 6.22. The van der Waals surface area contributed by atoms with Gasteiger partial charge < -0.3 is 15.2 Å². The molecule has 2 rings (SSSR count). The molecule has 0 amide bonds. The minimum Gasteiger partial charge on any atom is -0.491 e. The van der Waals surface area contributed by atoms with Crippen LogP contribution < -0.4 is 10.1 Å². The number of aliphatic hydroxyl groups excluding tert-OH is 1. The van der Waals surface area contributed by atoms with Crippen molar-refractivity contribution in [3.05, 3.63) is 65.7 Å². The molecule has 1 unspecified atom stereocenters. The Morgan fingerprint density at radius 2 is 1.96 bits per heavy atom. The Morgan fingerprint density at radius 1 is 1.17 bits per heavy atom. The predicted molar refractivity (Wildman–Crippen MR) is 91.0 cm³/mol. The normalized spacial score (nSPS) is 11.9. The fourth-order valence-corrected chi connectivity index (χ4v) is 2.20. The van der Waals surface area contributed by atoms with Crippen molar-refractivity contribution in [2.24, 2.45) is 0 Å². The highest BCUT2D eigenvalue weighted by atomic mass is 16.5. The van der Waals surface area contributed by atoms with Gasteiger partial charge in [0.05, 0.1) is 0 Å². The third-order valence-corrected chi connectivity index (χ3v) is 3.50. The van der Waals surface area contributed by atoms with Gasteiger partial charge in [-0.05, 0) is 37.6 Å². The number of ketones is 1. The van der Waals surface area contributed by atoms with E-state index in [-0.39, 0.29) is 12.4 Å². The van der Waals surface area contributed by atoms with E-state index in [4.69, 9.17) is 4.74 Å². The van der Waals surface area contributed by atoms with Crippen molar-refractivity contribution in [1.82, 2.24) is 5.32 Å². The zero-order valence-electron chi connectivity index (χ0n) is 13.4. The number of Topliss-reactive ketones (excluding diaryl/α,β-unsaturated/α-hetero) is 1. The molecule has 122 valence electrons. The Bertz CT molecular complexity index is 613. The Kier molecular flexibility index (Phi) is 6.78. The summed E-state index contributed by atoms with van der Waals surface area (Å²) in [5.41, 5.74) is 1.88. The number of ether oxygens (including phenoxy) is 1. The number of aliphatic hydroxyl groups is 1. The van der Waals surface area contributed by atoms with Crippen molar-refractivity contribution in [2.45, 2.75) is 19.4 Å². The highest BCUT2D eigenvalue weighted by Crippen LogP contribution is 2.13. The molecule has 0 heterocycles. The average Bonchev–Trinajstić information content (AvgIpc) is 2.58. The van der Waals surface area contributed by atoms with Crippen LogP contribution in [0.25, 0.3) is 0 Å².